The lowest BCUT2D eigenvalue weighted by Crippen LogP contribution is -2.29. The second-order valence-electron chi connectivity index (χ2n) is 10.2. The van der Waals surface area contributed by atoms with Gasteiger partial charge in [-0.15, -0.1) is 10.2 Å². The van der Waals surface area contributed by atoms with Crippen LogP contribution in [0, 0.1) is 0 Å². The highest BCUT2D eigenvalue weighted by molar-refractivity contribution is 6.03. The number of nitrogens with zero attached hydrogens (tertiary/aromatic N) is 7. The Labute approximate surface area is 238 Å². The monoisotopic (exact) mass is 578 g/mol. The lowest BCUT2D eigenvalue weighted by molar-refractivity contribution is -0.0885. The molecule has 4 aromatic heterocycles. The highest BCUT2D eigenvalue weighted by Crippen LogP contribution is 2.29. The number of tetrazole rings is 1. The Morgan fingerprint density at radius 2 is 1.81 bits per heavy atom. The van der Waals surface area contributed by atoms with Crippen LogP contribution in [0.15, 0.2) is 66.0 Å². The van der Waals surface area contributed by atoms with Crippen LogP contribution in [0.3, 0.4) is 0 Å². The van der Waals surface area contributed by atoms with Gasteiger partial charge < -0.3 is 4.57 Å². The molecule has 0 saturated carbocycles. The van der Waals surface area contributed by atoms with Gasteiger partial charge in [0.2, 0.25) is 5.82 Å². The summed E-state index contributed by atoms with van der Waals surface area (Å²) in [5.74, 6) is -1.64. The van der Waals surface area contributed by atoms with Crippen molar-refractivity contribution in [2.45, 2.75) is 58.8 Å². The molecule has 0 bridgehead atoms. The van der Waals surface area contributed by atoms with E-state index in [0.29, 0.717) is 17.9 Å². The van der Waals surface area contributed by atoms with Crippen molar-refractivity contribution in [3.05, 3.63) is 88.5 Å². The first-order chi connectivity index (χ1) is 20.1. The van der Waals surface area contributed by atoms with Crippen LogP contribution in [0.4, 0.5) is 13.2 Å². The average Bonchev–Trinajstić information content (AvgIpc) is 3.72. The van der Waals surface area contributed by atoms with E-state index in [4.69, 9.17) is 0 Å². The number of benzene rings is 1. The summed E-state index contributed by atoms with van der Waals surface area (Å²) in [6.07, 6.45) is 3.34. The van der Waals surface area contributed by atoms with E-state index >= 15 is 0 Å². The van der Waals surface area contributed by atoms with Crippen LogP contribution < -0.4 is 5.69 Å². The number of imidazole rings is 1. The van der Waals surface area contributed by atoms with Gasteiger partial charge in [0.15, 0.2) is 0 Å². The van der Waals surface area contributed by atoms with Crippen LogP contribution >= 0.6 is 0 Å². The Kier molecular flexibility index (Phi) is 7.92. The van der Waals surface area contributed by atoms with E-state index in [1.807, 2.05) is 37.3 Å². The maximum atomic E-state index is 14.0. The van der Waals surface area contributed by atoms with E-state index in [0.717, 1.165) is 41.2 Å². The van der Waals surface area contributed by atoms with E-state index in [9.17, 15) is 22.8 Å². The highest BCUT2D eigenvalue weighted by Gasteiger charge is 2.42. The van der Waals surface area contributed by atoms with Crippen LogP contribution in [0.2, 0.25) is 0 Å². The Hall–Kier alpha value is -4.81. The molecule has 5 rings (SSSR count). The quantitative estimate of drug-likeness (QED) is 0.222. The van der Waals surface area contributed by atoms with E-state index < -0.39 is 23.2 Å². The zero-order valence-corrected chi connectivity index (χ0v) is 23.3. The summed E-state index contributed by atoms with van der Waals surface area (Å²) in [5, 5.41) is 14.0. The van der Waals surface area contributed by atoms with Gasteiger partial charge in [-0.2, -0.15) is 18.4 Å². The van der Waals surface area contributed by atoms with Crippen molar-refractivity contribution < 1.29 is 18.0 Å². The van der Waals surface area contributed by atoms with Gasteiger partial charge in [-0.1, -0.05) is 37.6 Å². The maximum Gasteiger partial charge on any atom is 0.455 e. The van der Waals surface area contributed by atoms with Crippen molar-refractivity contribution in [1.82, 2.24) is 39.3 Å². The number of nitrogens with one attached hydrogen (secondary N) is 1. The molecule has 10 nitrogen and oxygen atoms in total. The smallest absolute Gasteiger partial charge is 0.331 e. The van der Waals surface area contributed by atoms with Gasteiger partial charge in [-0.3, -0.25) is 18.9 Å². The summed E-state index contributed by atoms with van der Waals surface area (Å²) in [4.78, 5) is 30.6. The molecule has 0 amide bonds. The van der Waals surface area contributed by atoms with Crippen LogP contribution in [-0.2, 0) is 13.0 Å². The highest BCUT2D eigenvalue weighted by atomic mass is 19.4. The number of aryl methyl sites for hydroxylation is 1. The summed E-state index contributed by atoms with van der Waals surface area (Å²) < 4.78 is 44.8. The Bertz CT molecular complexity index is 1750. The van der Waals surface area contributed by atoms with Crippen molar-refractivity contribution in [2.75, 3.05) is 0 Å². The molecule has 0 atom stereocenters. The third-order valence-electron chi connectivity index (χ3n) is 7.05. The van der Waals surface area contributed by atoms with Crippen LogP contribution in [0.1, 0.15) is 61.3 Å². The number of alkyl halides is 3. The summed E-state index contributed by atoms with van der Waals surface area (Å²) in [6, 6.07) is 10.2. The molecule has 1 aromatic carbocycles. The number of carbonyl (C=O) groups excluding carboxylic acids is 1. The van der Waals surface area contributed by atoms with Crippen molar-refractivity contribution in [1.29, 1.82) is 0 Å². The van der Waals surface area contributed by atoms with Crippen molar-refractivity contribution in [3.8, 4) is 28.3 Å². The molecule has 0 aliphatic carbocycles. The minimum absolute atomic E-state index is 0.0997. The number of Topliss-reactive ketones (excluding diaryl/α,β-unsaturated/α-hetero) is 1. The molecule has 0 aliphatic rings. The van der Waals surface area contributed by atoms with Crippen LogP contribution in [0.5, 0.6) is 0 Å². The summed E-state index contributed by atoms with van der Waals surface area (Å²) in [6.45, 7) is 5.70. The number of ketones is 1. The van der Waals surface area contributed by atoms with Gasteiger partial charge in [0.1, 0.15) is 5.82 Å². The van der Waals surface area contributed by atoms with E-state index in [1.165, 1.54) is 15.3 Å². The molecule has 1 N–H and O–H groups in total. The van der Waals surface area contributed by atoms with Gasteiger partial charge in [-0.25, -0.2) is 4.79 Å². The third-order valence-corrected chi connectivity index (χ3v) is 7.05. The van der Waals surface area contributed by atoms with Crippen molar-refractivity contribution in [2.24, 2.45) is 0 Å². The average molecular weight is 579 g/mol. The van der Waals surface area contributed by atoms with Gasteiger partial charge in [0.25, 0.3) is 5.78 Å². The van der Waals surface area contributed by atoms with Crippen LogP contribution in [-0.4, -0.2) is 51.3 Å². The lowest BCUT2D eigenvalue weighted by atomic mass is 10.00. The number of carbonyl (C=O) groups is 1. The number of aromatic nitrogens is 8. The fourth-order valence-electron chi connectivity index (χ4n) is 4.93. The minimum Gasteiger partial charge on any atom is -0.331 e. The zero-order valence-electron chi connectivity index (χ0n) is 23.3. The van der Waals surface area contributed by atoms with E-state index in [1.54, 1.807) is 37.0 Å². The van der Waals surface area contributed by atoms with Crippen molar-refractivity contribution >= 4 is 5.78 Å². The molecule has 0 saturated heterocycles. The first-order valence-corrected chi connectivity index (χ1v) is 13.5. The lowest BCUT2D eigenvalue weighted by Gasteiger charge is -2.15. The van der Waals surface area contributed by atoms with Gasteiger partial charge in [0.05, 0.1) is 12.1 Å². The number of pyridine rings is 1. The number of unbranched alkanes of at least 4 members (excludes halogenated alkanes) is 1. The minimum atomic E-state index is -5.08. The number of halogens is 3. The maximum absolute atomic E-state index is 14.0. The van der Waals surface area contributed by atoms with Gasteiger partial charge >= 0.3 is 11.9 Å². The standard InChI is InChI=1S/C29H29F3N8O2/c1-4-5-6-22-17-40(27-24(25(41)29(30,31)32)12-14-38(27)18(2)3)28(42)39(22)16-21-15-33-13-11-23(21)19-7-9-20(10-8-19)26-34-36-37-35-26/h7-15,17-18H,4-6,16H2,1-3H3,(H,34,35,36,37). The molecule has 0 aliphatic heterocycles. The fraction of sp³-hybridized carbons (Fsp3) is 0.310. The number of rotatable bonds is 10. The normalized spacial score (nSPS) is 11.9. The molecule has 0 radical (unpaired) electrons. The van der Waals surface area contributed by atoms with Crippen LogP contribution in [0.25, 0.3) is 28.3 Å². The van der Waals surface area contributed by atoms with E-state index in [-0.39, 0.29) is 18.4 Å². The third kappa shape index (κ3) is 5.54. The summed E-state index contributed by atoms with van der Waals surface area (Å²) in [7, 11) is 0. The molecule has 218 valence electrons. The predicted molar refractivity (Wildman–Crippen MR) is 149 cm³/mol. The molecule has 13 heteroatoms. The first-order valence-electron chi connectivity index (χ1n) is 13.5. The van der Waals surface area contributed by atoms with E-state index in [2.05, 4.69) is 25.6 Å². The molecular formula is C29H29F3N8O2. The zero-order chi connectivity index (χ0) is 30.0. The van der Waals surface area contributed by atoms with Gasteiger partial charge in [-0.05, 0) is 60.7 Å². The molecule has 4 heterocycles. The summed E-state index contributed by atoms with van der Waals surface area (Å²) >= 11 is 0. The molecule has 42 heavy (non-hydrogen) atoms. The molecule has 5 aromatic rings. The molecule has 0 unspecified atom stereocenters. The Morgan fingerprint density at radius 3 is 2.45 bits per heavy atom. The topological polar surface area (TPSA) is 116 Å². The fourth-order valence-corrected chi connectivity index (χ4v) is 4.93. The Morgan fingerprint density at radius 1 is 1.07 bits per heavy atom. The largest absolute Gasteiger partial charge is 0.455 e. The van der Waals surface area contributed by atoms with Gasteiger partial charge in [0, 0.05) is 42.1 Å². The molecule has 0 fully saturated rings. The summed E-state index contributed by atoms with van der Waals surface area (Å²) in [5.41, 5.74) is 2.76. The van der Waals surface area contributed by atoms with Crippen molar-refractivity contribution in [3.63, 3.8) is 0 Å². The number of H-pyrrole nitrogens is 1. The number of hydrogen-bond donors (Lipinski definition) is 1. The second-order valence-corrected chi connectivity index (χ2v) is 10.2. The first kappa shape index (κ1) is 28.7. The number of aromatic amines is 1. The molecular weight excluding hydrogens is 549 g/mol. The number of hydrogen-bond acceptors (Lipinski definition) is 6. The SMILES string of the molecule is CCCCc1cn(-c2c(C(=O)C(F)(F)F)ccn2C(C)C)c(=O)n1Cc1cnccc1-c1ccc(-c2nn[nH]n2)cc1. The second kappa shape index (κ2) is 11.6. The predicted octanol–water partition coefficient (Wildman–Crippen LogP) is 5.40. The molecule has 0 spiro atoms. The Balaban J connectivity index is 1.60.